The van der Waals surface area contributed by atoms with Gasteiger partial charge in [-0.2, -0.15) is 0 Å². The predicted octanol–water partition coefficient (Wildman–Crippen LogP) is 2.94. The second kappa shape index (κ2) is 13.8. The molecule has 0 fully saturated rings. The smallest absolute Gasteiger partial charge is 0.293 e. The van der Waals surface area contributed by atoms with Crippen LogP contribution in [-0.4, -0.2) is 51.8 Å². The van der Waals surface area contributed by atoms with Gasteiger partial charge < -0.3 is 30.0 Å². The molecule has 9 nitrogen and oxygen atoms in total. The van der Waals surface area contributed by atoms with Crippen molar-refractivity contribution in [2.75, 3.05) is 27.4 Å². The zero-order chi connectivity index (χ0) is 27.4. The van der Waals surface area contributed by atoms with Crippen LogP contribution in [0, 0.1) is 0 Å². The van der Waals surface area contributed by atoms with Crippen LogP contribution in [0.2, 0.25) is 0 Å². The topological polar surface area (TPSA) is 126 Å². The number of carbonyl (C=O) groups excluding carboxylic acids is 3. The van der Waals surface area contributed by atoms with Crippen LogP contribution in [0.15, 0.2) is 78.9 Å². The zero-order valence-electron chi connectivity index (χ0n) is 21.4. The van der Waals surface area contributed by atoms with Crippen LogP contribution in [0.3, 0.4) is 0 Å². The molecular formula is C29H32N2O7. The molecule has 0 aliphatic heterocycles. The largest absolute Gasteiger partial charge is 0.497 e. The highest BCUT2D eigenvalue weighted by atomic mass is 16.6. The van der Waals surface area contributed by atoms with Crippen LogP contribution < -0.4 is 20.5 Å². The molecule has 0 aliphatic carbocycles. The fraction of sp³-hybridized carbons (Fsp3) is 0.276. The van der Waals surface area contributed by atoms with E-state index in [1.165, 1.54) is 0 Å². The Labute approximate surface area is 221 Å². The van der Waals surface area contributed by atoms with Gasteiger partial charge in [0, 0.05) is 12.8 Å². The molecule has 0 aliphatic rings. The Balaban J connectivity index is 2.00. The van der Waals surface area contributed by atoms with E-state index in [2.05, 4.69) is 5.32 Å². The van der Waals surface area contributed by atoms with Gasteiger partial charge in [-0.15, -0.1) is 0 Å². The molecule has 2 amide bonds. The van der Waals surface area contributed by atoms with Gasteiger partial charge in [0.15, 0.2) is 0 Å². The predicted molar refractivity (Wildman–Crippen MR) is 141 cm³/mol. The van der Waals surface area contributed by atoms with E-state index >= 15 is 0 Å². The van der Waals surface area contributed by atoms with Crippen molar-refractivity contribution in [2.45, 2.75) is 24.5 Å². The summed E-state index contributed by atoms with van der Waals surface area (Å²) in [5.74, 6) is 0.413. The first-order valence-corrected chi connectivity index (χ1v) is 12.1. The average molecular weight is 521 g/mol. The maximum absolute atomic E-state index is 12.1. The van der Waals surface area contributed by atoms with Crippen LogP contribution >= 0.6 is 0 Å². The lowest BCUT2D eigenvalue weighted by Crippen LogP contribution is -2.41. The maximum atomic E-state index is 12.1. The van der Waals surface area contributed by atoms with E-state index in [0.29, 0.717) is 18.0 Å². The summed E-state index contributed by atoms with van der Waals surface area (Å²) < 4.78 is 22.6. The summed E-state index contributed by atoms with van der Waals surface area (Å²) in [7, 11) is 3.19. The normalized spacial score (nSPS) is 11.7. The highest BCUT2D eigenvalue weighted by molar-refractivity contribution is 5.82. The Morgan fingerprint density at radius 2 is 1.37 bits per heavy atom. The van der Waals surface area contributed by atoms with Crippen molar-refractivity contribution < 1.29 is 33.3 Å². The molecule has 1 unspecified atom stereocenters. The molecule has 0 aromatic heterocycles. The average Bonchev–Trinajstić information content (AvgIpc) is 2.96. The second-order valence-corrected chi connectivity index (χ2v) is 8.44. The molecule has 3 N–H and O–H groups in total. The van der Waals surface area contributed by atoms with Crippen molar-refractivity contribution >= 4 is 18.3 Å². The van der Waals surface area contributed by atoms with E-state index in [4.69, 9.17) is 24.7 Å². The van der Waals surface area contributed by atoms with Crippen LogP contribution in [-0.2, 0) is 29.5 Å². The summed E-state index contributed by atoms with van der Waals surface area (Å²) >= 11 is 0. The van der Waals surface area contributed by atoms with E-state index in [9.17, 15) is 14.4 Å². The quantitative estimate of drug-likeness (QED) is 0.233. The monoisotopic (exact) mass is 520 g/mol. The molecule has 0 radical (unpaired) electrons. The van der Waals surface area contributed by atoms with Crippen LogP contribution in [0.5, 0.6) is 11.5 Å². The van der Waals surface area contributed by atoms with Gasteiger partial charge in [-0.3, -0.25) is 14.4 Å². The molecule has 0 spiro atoms. The highest BCUT2D eigenvalue weighted by Crippen LogP contribution is 2.41. The number of nitrogens with two attached hydrogens (primary N) is 1. The van der Waals surface area contributed by atoms with E-state index in [1.54, 1.807) is 14.2 Å². The van der Waals surface area contributed by atoms with Crippen LogP contribution in [0.4, 0.5) is 0 Å². The van der Waals surface area contributed by atoms with Crippen molar-refractivity contribution in [2.24, 2.45) is 5.73 Å². The lowest BCUT2D eigenvalue weighted by molar-refractivity contribution is -0.140. The summed E-state index contributed by atoms with van der Waals surface area (Å²) in [4.78, 5) is 34.4. The molecule has 3 rings (SSSR count). The second-order valence-electron chi connectivity index (χ2n) is 8.44. The van der Waals surface area contributed by atoms with Gasteiger partial charge in [0.25, 0.3) is 6.47 Å². The fourth-order valence-corrected chi connectivity index (χ4v) is 4.07. The summed E-state index contributed by atoms with van der Waals surface area (Å²) in [6, 6.07) is 24.7. The summed E-state index contributed by atoms with van der Waals surface area (Å²) in [6.07, 6.45) is -0.937. The first kappa shape index (κ1) is 28.2. The minimum atomic E-state index is -1.11. The molecule has 38 heavy (non-hydrogen) atoms. The van der Waals surface area contributed by atoms with E-state index < -0.39 is 17.6 Å². The highest BCUT2D eigenvalue weighted by Gasteiger charge is 2.38. The Bertz CT molecular complexity index is 1130. The third-order valence-corrected chi connectivity index (χ3v) is 6.03. The lowest BCUT2D eigenvalue weighted by atomic mass is 9.80. The standard InChI is InChI=1S/C29H32N2O7/c1-35-24-12-8-22(9-13-24)29(21-6-4-3-5-7-21,23-10-14-25(36-2)15-11-23)38-19-26(37-20-32)18-31-28(34)17-16-27(30)33/h3-15,20,26H,16-19H2,1-2H3,(H2,30,33)(H,31,34). The first-order valence-electron chi connectivity index (χ1n) is 12.1. The number of rotatable bonds is 15. The van der Waals surface area contributed by atoms with Crippen molar-refractivity contribution in [3.05, 3.63) is 95.6 Å². The molecule has 1 atom stereocenters. The zero-order valence-corrected chi connectivity index (χ0v) is 21.4. The third kappa shape index (κ3) is 7.10. The SMILES string of the molecule is COc1ccc(C(OCC(CNC(=O)CCC(N)=O)OC=O)(c2ccccc2)c2ccc(OC)cc2)cc1. The third-order valence-electron chi connectivity index (χ3n) is 6.03. The van der Waals surface area contributed by atoms with Crippen molar-refractivity contribution in [1.82, 2.24) is 5.32 Å². The molecule has 0 saturated carbocycles. The summed E-state index contributed by atoms with van der Waals surface area (Å²) in [6.45, 7) is 0.253. The van der Waals surface area contributed by atoms with E-state index in [-0.39, 0.29) is 31.9 Å². The molecule has 0 saturated heterocycles. The number of hydrogen-bond donors (Lipinski definition) is 2. The van der Waals surface area contributed by atoms with Crippen LogP contribution in [0.1, 0.15) is 29.5 Å². The first-order chi connectivity index (χ1) is 18.4. The molecule has 9 heteroatoms. The van der Waals surface area contributed by atoms with Crippen LogP contribution in [0.25, 0.3) is 0 Å². The molecular weight excluding hydrogens is 488 g/mol. The lowest BCUT2D eigenvalue weighted by Gasteiger charge is -2.37. The summed E-state index contributed by atoms with van der Waals surface area (Å²) in [5.41, 5.74) is 6.46. The Morgan fingerprint density at radius 1 is 0.842 bits per heavy atom. The number of ether oxygens (including phenoxy) is 4. The van der Waals surface area contributed by atoms with E-state index in [0.717, 1.165) is 16.7 Å². The summed E-state index contributed by atoms with van der Waals surface area (Å²) in [5, 5.41) is 2.66. The van der Waals surface area contributed by atoms with Gasteiger partial charge in [-0.05, 0) is 41.0 Å². The number of benzene rings is 3. The number of carbonyl (C=O) groups is 3. The number of nitrogens with one attached hydrogen (secondary N) is 1. The molecule has 0 bridgehead atoms. The van der Waals surface area contributed by atoms with Crippen molar-refractivity contribution in [1.29, 1.82) is 0 Å². The minimum absolute atomic E-state index is 0.00751. The fourth-order valence-electron chi connectivity index (χ4n) is 4.07. The van der Waals surface area contributed by atoms with Gasteiger partial charge >= 0.3 is 0 Å². The number of hydrogen-bond acceptors (Lipinski definition) is 7. The van der Waals surface area contributed by atoms with Crippen molar-refractivity contribution in [3.8, 4) is 11.5 Å². The maximum Gasteiger partial charge on any atom is 0.293 e. The number of amides is 2. The van der Waals surface area contributed by atoms with E-state index in [1.807, 2.05) is 78.9 Å². The molecule has 200 valence electrons. The molecule has 3 aromatic rings. The van der Waals surface area contributed by atoms with Crippen molar-refractivity contribution in [3.63, 3.8) is 0 Å². The Morgan fingerprint density at radius 3 is 1.84 bits per heavy atom. The van der Waals surface area contributed by atoms with Gasteiger partial charge in [0.05, 0.1) is 27.4 Å². The Hall–Kier alpha value is -4.37. The number of primary amides is 1. The Kier molecular flexibility index (Phi) is 10.2. The van der Waals surface area contributed by atoms with Gasteiger partial charge in [-0.25, -0.2) is 0 Å². The number of methoxy groups -OCH3 is 2. The minimum Gasteiger partial charge on any atom is -0.497 e. The van der Waals surface area contributed by atoms with Gasteiger partial charge in [-0.1, -0.05) is 54.6 Å². The molecule has 0 heterocycles. The molecule has 3 aromatic carbocycles. The van der Waals surface area contributed by atoms with Gasteiger partial charge in [0.2, 0.25) is 11.8 Å². The van der Waals surface area contributed by atoms with Gasteiger partial charge in [0.1, 0.15) is 23.2 Å².